The summed E-state index contributed by atoms with van der Waals surface area (Å²) in [5.74, 6) is 0.168. The van der Waals surface area contributed by atoms with Crippen molar-refractivity contribution in [2.75, 3.05) is 22.5 Å². The van der Waals surface area contributed by atoms with E-state index in [2.05, 4.69) is 5.32 Å². The van der Waals surface area contributed by atoms with Crippen LogP contribution in [0.15, 0.2) is 47.3 Å². The van der Waals surface area contributed by atoms with E-state index in [0.717, 1.165) is 32.1 Å². The summed E-state index contributed by atoms with van der Waals surface area (Å²) in [6.45, 7) is 6.58. The molecule has 172 valence electrons. The second-order valence-electron chi connectivity index (χ2n) is 7.19. The Morgan fingerprint density at radius 1 is 1.16 bits per heavy atom. The summed E-state index contributed by atoms with van der Waals surface area (Å²) < 4.78 is 34.2. The van der Waals surface area contributed by atoms with Gasteiger partial charge in [0.2, 0.25) is 15.9 Å². The number of ether oxygens (including phenoxy) is 1. The van der Waals surface area contributed by atoms with E-state index in [1.807, 2.05) is 13.8 Å². The molecule has 1 aromatic heterocycles. The molecule has 0 aliphatic carbocycles. The van der Waals surface area contributed by atoms with E-state index >= 15 is 0 Å². The number of nitrogens with one attached hydrogen (secondary N) is 1. The van der Waals surface area contributed by atoms with Gasteiger partial charge in [-0.25, -0.2) is 8.42 Å². The molecule has 3 aromatic rings. The van der Waals surface area contributed by atoms with Crippen LogP contribution in [0.1, 0.15) is 27.2 Å². The molecule has 0 saturated heterocycles. The summed E-state index contributed by atoms with van der Waals surface area (Å²) in [7, 11) is -3.74. The topological polar surface area (TPSA) is 97.7 Å². The molecule has 10 heteroatoms. The van der Waals surface area contributed by atoms with Crippen LogP contribution in [0.2, 0.25) is 0 Å². The van der Waals surface area contributed by atoms with Gasteiger partial charge in [-0.3, -0.25) is 18.5 Å². The first-order chi connectivity index (χ1) is 15.2. The van der Waals surface area contributed by atoms with Crippen LogP contribution in [-0.2, 0) is 21.4 Å². The Kier molecular flexibility index (Phi) is 7.25. The summed E-state index contributed by atoms with van der Waals surface area (Å²) in [5, 5.41) is 2.81. The fourth-order valence-electron chi connectivity index (χ4n) is 3.59. The monoisotopic (exact) mass is 477 g/mol. The van der Waals surface area contributed by atoms with Crippen LogP contribution in [0.25, 0.3) is 10.2 Å². The zero-order valence-corrected chi connectivity index (χ0v) is 20.1. The molecular formula is C22H27N3O5S2. The number of carbonyl (C=O) groups is 1. The predicted molar refractivity (Wildman–Crippen MR) is 129 cm³/mol. The Morgan fingerprint density at radius 2 is 1.84 bits per heavy atom. The van der Waals surface area contributed by atoms with Crippen LogP contribution in [0, 0.1) is 0 Å². The second kappa shape index (κ2) is 9.74. The smallest absolute Gasteiger partial charge is 0.308 e. The third kappa shape index (κ3) is 4.97. The fraction of sp³-hybridized carbons (Fsp3) is 0.364. The van der Waals surface area contributed by atoms with Gasteiger partial charge in [0.25, 0.3) is 0 Å². The van der Waals surface area contributed by atoms with Gasteiger partial charge >= 0.3 is 4.87 Å². The van der Waals surface area contributed by atoms with Crippen molar-refractivity contribution >= 4 is 48.9 Å². The van der Waals surface area contributed by atoms with Crippen molar-refractivity contribution in [3.8, 4) is 5.75 Å². The van der Waals surface area contributed by atoms with Gasteiger partial charge in [0.05, 0.1) is 28.8 Å². The summed E-state index contributed by atoms with van der Waals surface area (Å²) in [6, 6.07) is 10.9. The molecule has 0 spiro atoms. The number of amides is 1. The number of aromatic nitrogens is 1. The van der Waals surface area contributed by atoms with Crippen molar-refractivity contribution < 1.29 is 17.9 Å². The van der Waals surface area contributed by atoms with Crippen LogP contribution in [0.5, 0.6) is 5.75 Å². The third-order valence-electron chi connectivity index (χ3n) is 4.98. The lowest BCUT2D eigenvalue weighted by Crippen LogP contribution is -2.46. The molecule has 1 heterocycles. The molecule has 0 radical (unpaired) electrons. The molecular weight excluding hydrogens is 450 g/mol. The van der Waals surface area contributed by atoms with Crippen LogP contribution in [0.3, 0.4) is 0 Å². The van der Waals surface area contributed by atoms with Gasteiger partial charge in [-0.2, -0.15) is 0 Å². The Labute approximate surface area is 191 Å². The summed E-state index contributed by atoms with van der Waals surface area (Å²) >= 11 is 1.11. The molecule has 2 aromatic carbocycles. The molecule has 0 aliphatic heterocycles. The van der Waals surface area contributed by atoms with Crippen molar-refractivity contribution in [3.63, 3.8) is 0 Å². The Hall–Kier alpha value is -2.85. The lowest BCUT2D eigenvalue weighted by atomic mass is 10.1. The van der Waals surface area contributed by atoms with E-state index in [9.17, 15) is 18.0 Å². The van der Waals surface area contributed by atoms with Crippen molar-refractivity contribution in [1.82, 2.24) is 4.57 Å². The molecule has 3 rings (SSSR count). The minimum Gasteiger partial charge on any atom is -0.494 e. The number of hydrogen-bond acceptors (Lipinski definition) is 6. The largest absolute Gasteiger partial charge is 0.494 e. The minimum absolute atomic E-state index is 0.0591. The van der Waals surface area contributed by atoms with Gasteiger partial charge in [0.15, 0.2) is 0 Å². The molecule has 0 unspecified atom stereocenters. The zero-order valence-electron chi connectivity index (χ0n) is 18.5. The standard InChI is InChI=1S/C22H27N3O5S2/c1-5-18(25(32(4,28)29)16-9-11-17(12-10-16)30-7-3)21(26)23-15-8-13-19-20(14-15)31-22(27)24(19)6-2/h8-14,18H,5-7H2,1-4H3,(H,23,26)/t18-/m0/s1. The number of rotatable bonds is 9. The minimum atomic E-state index is -3.74. The number of aryl methyl sites for hydroxylation is 1. The molecule has 0 fully saturated rings. The quantitative estimate of drug-likeness (QED) is 0.507. The SMILES string of the molecule is CCOc1ccc(N([C@@H](CC)C(=O)Nc2ccc3c(c2)sc(=O)n3CC)S(C)(=O)=O)cc1. The molecule has 1 N–H and O–H groups in total. The van der Waals surface area contributed by atoms with Gasteiger partial charge in [-0.05, 0) is 62.7 Å². The van der Waals surface area contributed by atoms with E-state index in [-0.39, 0.29) is 11.3 Å². The average molecular weight is 478 g/mol. The Bertz CT molecular complexity index is 1260. The maximum absolute atomic E-state index is 13.1. The van der Waals surface area contributed by atoms with E-state index < -0.39 is 22.0 Å². The van der Waals surface area contributed by atoms with Gasteiger partial charge in [0.1, 0.15) is 11.8 Å². The summed E-state index contributed by atoms with van der Waals surface area (Å²) in [6.07, 6.45) is 1.35. The van der Waals surface area contributed by atoms with Crippen LogP contribution in [0.4, 0.5) is 11.4 Å². The first-order valence-electron chi connectivity index (χ1n) is 10.4. The molecule has 32 heavy (non-hydrogen) atoms. The Morgan fingerprint density at radius 3 is 2.41 bits per heavy atom. The lowest BCUT2D eigenvalue weighted by Gasteiger charge is -2.30. The number of nitrogens with zero attached hydrogens (tertiary/aromatic N) is 2. The highest BCUT2D eigenvalue weighted by Crippen LogP contribution is 2.27. The first kappa shape index (κ1) is 23.8. The maximum Gasteiger partial charge on any atom is 0.308 e. The average Bonchev–Trinajstić information content (AvgIpc) is 3.06. The third-order valence-corrected chi connectivity index (χ3v) is 7.11. The van der Waals surface area contributed by atoms with Crippen LogP contribution in [-0.4, -0.2) is 37.8 Å². The van der Waals surface area contributed by atoms with Gasteiger partial charge in [-0.1, -0.05) is 18.3 Å². The molecule has 8 nitrogen and oxygen atoms in total. The number of anilines is 2. The Balaban J connectivity index is 1.91. The van der Waals surface area contributed by atoms with Crippen molar-refractivity contribution in [2.24, 2.45) is 0 Å². The van der Waals surface area contributed by atoms with Gasteiger partial charge < -0.3 is 10.1 Å². The van der Waals surface area contributed by atoms with E-state index in [4.69, 9.17) is 4.74 Å². The zero-order chi connectivity index (χ0) is 23.5. The van der Waals surface area contributed by atoms with Crippen molar-refractivity contribution in [1.29, 1.82) is 0 Å². The number of sulfonamides is 1. The molecule has 0 saturated carbocycles. The number of carbonyl (C=O) groups excluding carboxylic acids is 1. The summed E-state index contributed by atoms with van der Waals surface area (Å²) in [4.78, 5) is 25.2. The summed E-state index contributed by atoms with van der Waals surface area (Å²) in [5.41, 5.74) is 1.69. The highest BCUT2D eigenvalue weighted by molar-refractivity contribution is 7.92. The van der Waals surface area contributed by atoms with Crippen LogP contribution < -0.4 is 19.2 Å². The van der Waals surface area contributed by atoms with Crippen molar-refractivity contribution in [2.45, 2.75) is 39.8 Å². The van der Waals surface area contributed by atoms with Crippen LogP contribution >= 0.6 is 11.3 Å². The van der Waals surface area contributed by atoms with Gasteiger partial charge in [-0.15, -0.1) is 0 Å². The number of fused-ring (bicyclic) bond motifs is 1. The molecule has 1 atom stereocenters. The highest BCUT2D eigenvalue weighted by Gasteiger charge is 2.31. The molecule has 0 bridgehead atoms. The number of thiazole rings is 1. The fourth-order valence-corrected chi connectivity index (χ4v) is 5.79. The number of hydrogen-bond donors (Lipinski definition) is 1. The highest BCUT2D eigenvalue weighted by atomic mass is 32.2. The van der Waals surface area contributed by atoms with E-state index in [1.165, 1.54) is 0 Å². The van der Waals surface area contributed by atoms with Gasteiger partial charge in [0, 0.05) is 12.2 Å². The predicted octanol–water partition coefficient (Wildman–Crippen LogP) is 3.66. The molecule has 1 amide bonds. The molecule has 0 aliphatic rings. The maximum atomic E-state index is 13.1. The lowest BCUT2D eigenvalue weighted by molar-refractivity contribution is -0.117. The van der Waals surface area contributed by atoms with Crippen molar-refractivity contribution in [3.05, 3.63) is 52.1 Å². The normalized spacial score (nSPS) is 12.5. The first-order valence-corrected chi connectivity index (χ1v) is 13.0. The van der Waals surface area contributed by atoms with E-state index in [1.54, 1.807) is 54.0 Å². The second-order valence-corrected chi connectivity index (χ2v) is 10.0. The van der Waals surface area contributed by atoms with E-state index in [0.29, 0.717) is 30.3 Å². The number of benzene rings is 2.